The van der Waals surface area contributed by atoms with Gasteiger partial charge in [-0.25, -0.2) is 0 Å². The zero-order valence-electron chi connectivity index (χ0n) is 15.9. The number of furan rings is 1. The van der Waals surface area contributed by atoms with Gasteiger partial charge in [0.15, 0.2) is 5.76 Å². The third-order valence-corrected chi connectivity index (χ3v) is 4.99. The molecule has 1 atom stereocenters. The minimum absolute atomic E-state index is 0. The lowest BCUT2D eigenvalue weighted by molar-refractivity contribution is -0.120. The average Bonchev–Trinajstić information content (AvgIpc) is 3.46. The van der Waals surface area contributed by atoms with Gasteiger partial charge in [0.25, 0.3) is 5.91 Å². The van der Waals surface area contributed by atoms with Crippen LogP contribution in [0.15, 0.2) is 59.0 Å². The van der Waals surface area contributed by atoms with Gasteiger partial charge < -0.3 is 20.8 Å². The van der Waals surface area contributed by atoms with Crippen molar-refractivity contribution < 1.29 is 14.0 Å². The highest BCUT2D eigenvalue weighted by Crippen LogP contribution is 2.31. The number of fused-ring (bicyclic) bond motifs is 1. The van der Waals surface area contributed by atoms with Crippen LogP contribution >= 0.6 is 12.4 Å². The maximum absolute atomic E-state index is 12.4. The molecule has 4 N–H and O–H groups in total. The van der Waals surface area contributed by atoms with Crippen molar-refractivity contribution in [2.75, 3.05) is 11.9 Å². The molecule has 1 aliphatic rings. The number of anilines is 1. The van der Waals surface area contributed by atoms with Crippen molar-refractivity contribution in [2.45, 2.75) is 25.3 Å². The molecule has 0 saturated heterocycles. The van der Waals surface area contributed by atoms with Gasteiger partial charge in [0, 0.05) is 23.7 Å². The first kappa shape index (κ1) is 20.9. The molecule has 1 heterocycles. The van der Waals surface area contributed by atoms with Crippen molar-refractivity contribution in [2.24, 2.45) is 11.7 Å². The van der Waals surface area contributed by atoms with Crippen molar-refractivity contribution >= 4 is 40.9 Å². The van der Waals surface area contributed by atoms with Gasteiger partial charge in [-0.2, -0.15) is 0 Å². The van der Waals surface area contributed by atoms with Crippen LogP contribution < -0.4 is 16.4 Å². The van der Waals surface area contributed by atoms with Gasteiger partial charge in [-0.3, -0.25) is 9.59 Å². The standard InChI is InChI=1S/C22H23N3O3.ClH/c23-18(15-7-8-15)13-24-21(26)11-14-5-9-17(10-6-14)25-22(27)20-12-16-3-1-2-4-19(16)28-20;/h1-6,9-10,12,15,18H,7-8,11,13,23H2,(H,24,26)(H,25,27);1H. The van der Waals surface area contributed by atoms with Crippen LogP contribution in [-0.2, 0) is 11.2 Å². The molecule has 7 heteroatoms. The van der Waals surface area contributed by atoms with Gasteiger partial charge in [-0.1, -0.05) is 30.3 Å². The van der Waals surface area contributed by atoms with Gasteiger partial charge in [0.1, 0.15) is 5.58 Å². The number of carbonyl (C=O) groups excluding carboxylic acids is 2. The highest BCUT2D eigenvalue weighted by Gasteiger charge is 2.28. The molecule has 2 amide bonds. The fourth-order valence-corrected chi connectivity index (χ4v) is 3.16. The summed E-state index contributed by atoms with van der Waals surface area (Å²) in [5.41, 5.74) is 8.19. The molecular formula is C22H24ClN3O3. The van der Waals surface area contributed by atoms with Crippen molar-refractivity contribution in [3.63, 3.8) is 0 Å². The number of nitrogens with one attached hydrogen (secondary N) is 2. The van der Waals surface area contributed by atoms with E-state index in [9.17, 15) is 9.59 Å². The smallest absolute Gasteiger partial charge is 0.291 e. The average molecular weight is 414 g/mol. The van der Waals surface area contributed by atoms with Gasteiger partial charge in [0.2, 0.25) is 5.91 Å². The lowest BCUT2D eigenvalue weighted by Crippen LogP contribution is -2.39. The van der Waals surface area contributed by atoms with Crippen LogP contribution in [0.25, 0.3) is 11.0 Å². The molecular weight excluding hydrogens is 390 g/mol. The summed E-state index contributed by atoms with van der Waals surface area (Å²) in [5.74, 6) is 0.470. The molecule has 1 fully saturated rings. The summed E-state index contributed by atoms with van der Waals surface area (Å²) in [6.45, 7) is 0.523. The van der Waals surface area contributed by atoms with Crippen LogP contribution in [0, 0.1) is 5.92 Å². The minimum atomic E-state index is -0.309. The lowest BCUT2D eigenvalue weighted by atomic mass is 10.1. The summed E-state index contributed by atoms with van der Waals surface area (Å²) in [5, 5.41) is 6.58. The maximum atomic E-state index is 12.4. The fourth-order valence-electron chi connectivity index (χ4n) is 3.16. The van der Waals surface area contributed by atoms with Gasteiger partial charge in [-0.15, -0.1) is 12.4 Å². The highest BCUT2D eigenvalue weighted by atomic mass is 35.5. The second-order valence-corrected chi connectivity index (χ2v) is 7.28. The zero-order valence-corrected chi connectivity index (χ0v) is 16.7. The molecule has 6 nitrogen and oxygen atoms in total. The number of benzene rings is 2. The predicted octanol–water partition coefficient (Wildman–Crippen LogP) is 3.50. The van der Waals surface area contributed by atoms with Crippen LogP contribution in [-0.4, -0.2) is 24.4 Å². The molecule has 1 saturated carbocycles. The number of hydrogen-bond acceptors (Lipinski definition) is 4. The first-order chi connectivity index (χ1) is 13.6. The van der Waals surface area contributed by atoms with Crippen LogP contribution in [0.4, 0.5) is 5.69 Å². The lowest BCUT2D eigenvalue weighted by Gasteiger charge is -2.11. The Kier molecular flexibility index (Phi) is 6.56. The van der Waals surface area contributed by atoms with Crippen molar-refractivity contribution in [1.82, 2.24) is 5.32 Å². The van der Waals surface area contributed by atoms with Crippen molar-refractivity contribution in [3.05, 3.63) is 65.9 Å². The minimum Gasteiger partial charge on any atom is -0.451 e. The zero-order chi connectivity index (χ0) is 19.5. The Morgan fingerprint density at radius 3 is 2.52 bits per heavy atom. The molecule has 152 valence electrons. The number of nitrogens with two attached hydrogens (primary N) is 1. The summed E-state index contributed by atoms with van der Waals surface area (Å²) in [6, 6.07) is 16.5. The Hall–Kier alpha value is -2.83. The summed E-state index contributed by atoms with van der Waals surface area (Å²) < 4.78 is 5.57. The monoisotopic (exact) mass is 413 g/mol. The van der Waals surface area contributed by atoms with Crippen molar-refractivity contribution in [3.8, 4) is 0 Å². The number of carbonyl (C=O) groups is 2. The Balaban J connectivity index is 0.00000240. The molecule has 2 aromatic carbocycles. The Morgan fingerprint density at radius 1 is 1.10 bits per heavy atom. The van der Waals surface area contributed by atoms with E-state index >= 15 is 0 Å². The van der Waals surface area contributed by atoms with E-state index in [1.165, 1.54) is 0 Å². The Morgan fingerprint density at radius 2 is 1.83 bits per heavy atom. The summed E-state index contributed by atoms with van der Waals surface area (Å²) >= 11 is 0. The summed E-state index contributed by atoms with van der Waals surface area (Å²) in [4.78, 5) is 24.4. The number of amides is 2. The number of halogens is 1. The second kappa shape index (κ2) is 9.11. The van der Waals surface area contributed by atoms with Crippen LogP contribution in [0.2, 0.25) is 0 Å². The van der Waals surface area contributed by atoms with Gasteiger partial charge in [-0.05, 0) is 48.6 Å². The van der Waals surface area contributed by atoms with Crippen LogP contribution in [0.3, 0.4) is 0 Å². The second-order valence-electron chi connectivity index (χ2n) is 7.28. The van der Waals surface area contributed by atoms with E-state index in [2.05, 4.69) is 10.6 Å². The number of rotatable bonds is 7. The molecule has 0 radical (unpaired) electrons. The topological polar surface area (TPSA) is 97.4 Å². The van der Waals surface area contributed by atoms with Crippen LogP contribution in [0.5, 0.6) is 0 Å². The Bertz CT molecular complexity index is 963. The van der Waals surface area contributed by atoms with E-state index in [0.29, 0.717) is 23.7 Å². The highest BCUT2D eigenvalue weighted by molar-refractivity contribution is 6.04. The molecule has 29 heavy (non-hydrogen) atoms. The number of hydrogen-bond donors (Lipinski definition) is 3. The molecule has 1 aromatic heterocycles. The van der Waals surface area contributed by atoms with Gasteiger partial charge >= 0.3 is 0 Å². The summed E-state index contributed by atoms with van der Waals surface area (Å²) in [7, 11) is 0. The molecule has 0 bridgehead atoms. The van der Waals surface area contributed by atoms with E-state index in [1.54, 1.807) is 18.2 Å². The van der Waals surface area contributed by atoms with E-state index < -0.39 is 0 Å². The fraction of sp³-hybridized carbons (Fsp3) is 0.273. The first-order valence-electron chi connectivity index (χ1n) is 9.49. The summed E-state index contributed by atoms with van der Waals surface area (Å²) in [6.07, 6.45) is 2.62. The SMILES string of the molecule is Cl.NC(CNC(=O)Cc1ccc(NC(=O)c2cc3ccccc3o2)cc1)C1CC1. The third kappa shape index (κ3) is 5.37. The molecule has 1 unspecified atom stereocenters. The van der Waals surface area contributed by atoms with Crippen LogP contribution in [0.1, 0.15) is 29.0 Å². The van der Waals surface area contributed by atoms with E-state index in [-0.39, 0.29) is 42.4 Å². The molecule has 4 rings (SSSR count). The molecule has 1 aliphatic carbocycles. The maximum Gasteiger partial charge on any atom is 0.291 e. The first-order valence-corrected chi connectivity index (χ1v) is 9.49. The van der Waals surface area contributed by atoms with E-state index in [4.69, 9.17) is 10.2 Å². The van der Waals surface area contributed by atoms with E-state index in [1.807, 2.05) is 36.4 Å². The quantitative estimate of drug-likeness (QED) is 0.552. The van der Waals surface area contributed by atoms with Crippen molar-refractivity contribution in [1.29, 1.82) is 0 Å². The number of para-hydroxylation sites is 1. The predicted molar refractivity (Wildman–Crippen MR) is 115 cm³/mol. The normalized spacial score (nSPS) is 14.1. The largest absolute Gasteiger partial charge is 0.451 e. The van der Waals surface area contributed by atoms with E-state index in [0.717, 1.165) is 23.8 Å². The Labute approximate surface area is 175 Å². The van der Waals surface area contributed by atoms with Gasteiger partial charge in [0.05, 0.1) is 6.42 Å². The molecule has 3 aromatic rings. The molecule has 0 spiro atoms. The third-order valence-electron chi connectivity index (χ3n) is 4.99. The molecule has 0 aliphatic heterocycles.